The number of rotatable bonds is 10. The molecule has 1 aliphatic rings. The average Bonchev–Trinajstić information content (AvgIpc) is 3.16. The monoisotopic (exact) mass is 531 g/mol. The SMILES string of the molecule is CN=C(NCCCOCC1CCOC1)NCCc1ccc(OC(F)(F)F)cc1.I. The van der Waals surface area contributed by atoms with Gasteiger partial charge in [-0.3, -0.25) is 4.99 Å². The second-order valence-corrected chi connectivity index (χ2v) is 6.53. The first kappa shape index (κ1) is 25.8. The first-order chi connectivity index (χ1) is 13.5. The highest BCUT2D eigenvalue weighted by Gasteiger charge is 2.30. The molecular weight excluding hydrogens is 502 g/mol. The molecule has 2 N–H and O–H groups in total. The van der Waals surface area contributed by atoms with E-state index in [2.05, 4.69) is 20.4 Å². The van der Waals surface area contributed by atoms with Crippen LogP contribution in [0.1, 0.15) is 18.4 Å². The summed E-state index contributed by atoms with van der Waals surface area (Å²) in [6.07, 6.45) is -2.07. The van der Waals surface area contributed by atoms with Crippen molar-refractivity contribution in [2.24, 2.45) is 10.9 Å². The third kappa shape index (κ3) is 11.5. The number of nitrogens with one attached hydrogen (secondary N) is 2. The molecule has 1 aromatic carbocycles. The number of alkyl halides is 3. The number of guanidine groups is 1. The van der Waals surface area contributed by atoms with Crippen molar-refractivity contribution >= 4 is 29.9 Å². The van der Waals surface area contributed by atoms with Gasteiger partial charge in [-0.05, 0) is 37.0 Å². The lowest BCUT2D eigenvalue weighted by atomic mass is 10.1. The first-order valence-corrected chi connectivity index (χ1v) is 9.41. The quantitative estimate of drug-likeness (QED) is 0.210. The first-order valence-electron chi connectivity index (χ1n) is 9.41. The van der Waals surface area contributed by atoms with Crippen molar-refractivity contribution in [2.45, 2.75) is 25.6 Å². The van der Waals surface area contributed by atoms with Crippen molar-refractivity contribution in [1.82, 2.24) is 10.6 Å². The van der Waals surface area contributed by atoms with Gasteiger partial charge in [0.25, 0.3) is 0 Å². The van der Waals surface area contributed by atoms with Crippen LogP contribution in [0.4, 0.5) is 13.2 Å². The Bertz CT molecular complexity index is 595. The van der Waals surface area contributed by atoms with Crippen LogP contribution in [0.25, 0.3) is 0 Å². The fraction of sp³-hybridized carbons (Fsp3) is 0.632. The maximum absolute atomic E-state index is 12.1. The molecule has 1 atom stereocenters. The smallest absolute Gasteiger partial charge is 0.406 e. The topological polar surface area (TPSA) is 64.1 Å². The van der Waals surface area contributed by atoms with E-state index < -0.39 is 6.36 Å². The number of hydrogen-bond acceptors (Lipinski definition) is 4. The van der Waals surface area contributed by atoms with Crippen LogP contribution in [0.5, 0.6) is 5.75 Å². The van der Waals surface area contributed by atoms with Gasteiger partial charge in [-0.1, -0.05) is 12.1 Å². The molecule has 166 valence electrons. The molecule has 29 heavy (non-hydrogen) atoms. The fourth-order valence-electron chi connectivity index (χ4n) is 2.75. The number of benzene rings is 1. The van der Waals surface area contributed by atoms with E-state index in [4.69, 9.17) is 9.47 Å². The Morgan fingerprint density at radius 2 is 1.93 bits per heavy atom. The van der Waals surface area contributed by atoms with E-state index in [0.717, 1.165) is 44.8 Å². The molecule has 1 heterocycles. The van der Waals surface area contributed by atoms with E-state index in [1.165, 1.54) is 12.1 Å². The van der Waals surface area contributed by atoms with Crippen LogP contribution in [-0.4, -0.2) is 58.9 Å². The van der Waals surface area contributed by atoms with Crippen molar-refractivity contribution in [1.29, 1.82) is 0 Å². The summed E-state index contributed by atoms with van der Waals surface area (Å²) in [5.41, 5.74) is 0.904. The van der Waals surface area contributed by atoms with Crippen molar-refractivity contribution in [3.63, 3.8) is 0 Å². The molecule has 0 aromatic heterocycles. The summed E-state index contributed by atoms with van der Waals surface area (Å²) in [4.78, 5) is 4.15. The van der Waals surface area contributed by atoms with E-state index in [1.807, 2.05) is 0 Å². The fourth-order valence-corrected chi connectivity index (χ4v) is 2.75. The van der Waals surface area contributed by atoms with Crippen LogP contribution in [0.3, 0.4) is 0 Å². The van der Waals surface area contributed by atoms with Gasteiger partial charge in [0.05, 0.1) is 13.2 Å². The highest BCUT2D eigenvalue weighted by molar-refractivity contribution is 14.0. The zero-order valence-electron chi connectivity index (χ0n) is 16.5. The Kier molecular flexibility index (Phi) is 12.3. The van der Waals surface area contributed by atoms with Gasteiger partial charge in [0, 0.05) is 39.3 Å². The number of hydrogen-bond donors (Lipinski definition) is 2. The molecule has 0 spiro atoms. The van der Waals surface area contributed by atoms with Crippen molar-refractivity contribution in [3.8, 4) is 5.75 Å². The molecule has 0 saturated carbocycles. The Morgan fingerprint density at radius 1 is 1.21 bits per heavy atom. The molecule has 10 heteroatoms. The molecule has 0 radical (unpaired) electrons. The summed E-state index contributed by atoms with van der Waals surface area (Å²) in [6.45, 7) is 4.42. The molecule has 1 aliphatic heterocycles. The van der Waals surface area contributed by atoms with E-state index in [-0.39, 0.29) is 29.7 Å². The Balaban J connectivity index is 0.00000420. The maximum Gasteiger partial charge on any atom is 0.573 e. The van der Waals surface area contributed by atoms with E-state index in [9.17, 15) is 13.2 Å². The van der Waals surface area contributed by atoms with Crippen LogP contribution in [-0.2, 0) is 15.9 Å². The van der Waals surface area contributed by atoms with Crippen molar-refractivity contribution in [3.05, 3.63) is 29.8 Å². The van der Waals surface area contributed by atoms with Gasteiger partial charge in [-0.25, -0.2) is 0 Å². The molecule has 1 unspecified atom stereocenters. The lowest BCUT2D eigenvalue weighted by molar-refractivity contribution is -0.274. The Labute approximate surface area is 186 Å². The van der Waals surface area contributed by atoms with E-state index in [0.29, 0.717) is 31.4 Å². The number of aliphatic imine (C=N–C) groups is 1. The number of nitrogens with zero attached hydrogens (tertiary/aromatic N) is 1. The van der Waals surface area contributed by atoms with Gasteiger partial charge >= 0.3 is 6.36 Å². The van der Waals surface area contributed by atoms with Crippen molar-refractivity contribution < 1.29 is 27.4 Å². The molecule has 2 rings (SSSR count). The van der Waals surface area contributed by atoms with E-state index >= 15 is 0 Å². The summed E-state index contributed by atoms with van der Waals surface area (Å²) < 4.78 is 51.3. The van der Waals surface area contributed by atoms with Crippen LogP contribution >= 0.6 is 24.0 Å². The molecule has 0 aliphatic carbocycles. The highest BCUT2D eigenvalue weighted by atomic mass is 127. The highest BCUT2D eigenvalue weighted by Crippen LogP contribution is 2.22. The molecule has 0 bridgehead atoms. The van der Waals surface area contributed by atoms with Crippen LogP contribution < -0.4 is 15.4 Å². The van der Waals surface area contributed by atoms with Crippen LogP contribution in [0, 0.1) is 5.92 Å². The predicted octanol–water partition coefficient (Wildman–Crippen LogP) is 3.35. The van der Waals surface area contributed by atoms with Crippen LogP contribution in [0.2, 0.25) is 0 Å². The summed E-state index contributed by atoms with van der Waals surface area (Å²) in [5.74, 6) is 0.988. The van der Waals surface area contributed by atoms with Gasteiger partial charge < -0.3 is 24.8 Å². The molecule has 0 amide bonds. The lowest BCUT2D eigenvalue weighted by Crippen LogP contribution is -2.39. The minimum absolute atomic E-state index is 0. The largest absolute Gasteiger partial charge is 0.573 e. The summed E-state index contributed by atoms with van der Waals surface area (Å²) >= 11 is 0. The second-order valence-electron chi connectivity index (χ2n) is 6.53. The molecule has 1 saturated heterocycles. The zero-order valence-corrected chi connectivity index (χ0v) is 18.8. The predicted molar refractivity (Wildman–Crippen MR) is 116 cm³/mol. The molecular formula is C19H29F3IN3O3. The molecule has 6 nitrogen and oxygen atoms in total. The molecule has 1 fully saturated rings. The van der Waals surface area contributed by atoms with Crippen LogP contribution in [0.15, 0.2) is 29.3 Å². The zero-order chi connectivity index (χ0) is 20.2. The third-order valence-electron chi connectivity index (χ3n) is 4.22. The van der Waals surface area contributed by atoms with Gasteiger partial charge in [0.15, 0.2) is 5.96 Å². The summed E-state index contributed by atoms with van der Waals surface area (Å²) in [7, 11) is 1.69. The molecule has 1 aromatic rings. The van der Waals surface area contributed by atoms with Gasteiger partial charge in [0.2, 0.25) is 0 Å². The normalized spacial score (nSPS) is 17.0. The van der Waals surface area contributed by atoms with E-state index in [1.54, 1.807) is 19.2 Å². The summed E-state index contributed by atoms with van der Waals surface area (Å²) in [6, 6.07) is 5.86. The Morgan fingerprint density at radius 3 is 2.55 bits per heavy atom. The standard InChI is InChI=1S/C19H28F3N3O3.HI/c1-23-18(24-9-2-11-26-13-16-8-12-27-14-16)25-10-7-15-3-5-17(6-4-15)28-19(20,21)22;/h3-6,16H,2,7-14H2,1H3,(H2,23,24,25);1H. The van der Waals surface area contributed by atoms with Gasteiger partial charge in [-0.2, -0.15) is 0 Å². The number of ether oxygens (including phenoxy) is 3. The number of halogens is 4. The minimum atomic E-state index is -4.67. The third-order valence-corrected chi connectivity index (χ3v) is 4.22. The lowest BCUT2D eigenvalue weighted by Gasteiger charge is -2.13. The maximum atomic E-state index is 12.1. The summed E-state index contributed by atoms with van der Waals surface area (Å²) in [5, 5.41) is 6.38. The van der Waals surface area contributed by atoms with Crippen molar-refractivity contribution in [2.75, 3.05) is 46.6 Å². The Hall–Kier alpha value is -1.27. The van der Waals surface area contributed by atoms with Gasteiger partial charge in [0.1, 0.15) is 5.75 Å². The second kappa shape index (κ2) is 13.9. The van der Waals surface area contributed by atoms with Gasteiger partial charge in [-0.15, -0.1) is 37.1 Å². The minimum Gasteiger partial charge on any atom is -0.406 e. The average molecular weight is 531 g/mol.